The van der Waals surface area contributed by atoms with Crippen molar-refractivity contribution in [1.82, 2.24) is 19.4 Å². The maximum Gasteiger partial charge on any atom is 0.278 e. The SMILES string of the molecule is CC#CCn1c(N2CCNCC2)c(C#N)c2ncn(CC(=O)c3ccccc3)c(=O)c21. The van der Waals surface area contributed by atoms with E-state index in [0.717, 1.165) is 13.1 Å². The van der Waals surface area contributed by atoms with Crippen molar-refractivity contribution in [3.63, 3.8) is 0 Å². The van der Waals surface area contributed by atoms with E-state index in [1.165, 1.54) is 10.9 Å². The van der Waals surface area contributed by atoms with Crippen molar-refractivity contribution >= 4 is 22.6 Å². The predicted molar refractivity (Wildman–Crippen MR) is 118 cm³/mol. The van der Waals surface area contributed by atoms with Crippen LogP contribution in [0.5, 0.6) is 0 Å². The highest BCUT2D eigenvalue weighted by molar-refractivity contribution is 5.96. The Kier molecular flexibility index (Phi) is 5.83. The number of fused-ring (bicyclic) bond motifs is 1. The highest BCUT2D eigenvalue weighted by atomic mass is 16.1. The van der Waals surface area contributed by atoms with Gasteiger partial charge in [0.2, 0.25) is 0 Å². The summed E-state index contributed by atoms with van der Waals surface area (Å²) >= 11 is 0. The molecular formula is C23H22N6O2. The second-order valence-electron chi connectivity index (χ2n) is 7.22. The lowest BCUT2D eigenvalue weighted by molar-refractivity contribution is 0.0970. The van der Waals surface area contributed by atoms with Gasteiger partial charge in [-0.15, -0.1) is 5.92 Å². The first-order valence-corrected chi connectivity index (χ1v) is 10.1. The van der Waals surface area contributed by atoms with E-state index in [9.17, 15) is 14.9 Å². The molecule has 0 radical (unpaired) electrons. The van der Waals surface area contributed by atoms with Gasteiger partial charge in [-0.2, -0.15) is 5.26 Å². The fraction of sp³-hybridized carbons (Fsp3) is 0.304. The summed E-state index contributed by atoms with van der Waals surface area (Å²) in [6, 6.07) is 11.1. The number of piperazine rings is 1. The number of carbonyl (C=O) groups is 1. The smallest absolute Gasteiger partial charge is 0.278 e. The summed E-state index contributed by atoms with van der Waals surface area (Å²) in [5.74, 6) is 6.35. The molecule has 1 aliphatic heterocycles. The second-order valence-corrected chi connectivity index (χ2v) is 7.22. The zero-order chi connectivity index (χ0) is 21.8. The fourth-order valence-corrected chi connectivity index (χ4v) is 3.85. The number of hydrogen-bond acceptors (Lipinski definition) is 6. The molecule has 0 amide bonds. The maximum atomic E-state index is 13.4. The van der Waals surface area contributed by atoms with E-state index in [1.807, 2.05) is 6.07 Å². The first kappa shape index (κ1) is 20.4. The molecule has 1 aromatic carbocycles. The van der Waals surface area contributed by atoms with Crippen LogP contribution in [0.1, 0.15) is 22.8 Å². The van der Waals surface area contributed by atoms with Gasteiger partial charge in [0, 0.05) is 31.7 Å². The summed E-state index contributed by atoms with van der Waals surface area (Å²) in [5, 5.41) is 13.2. The molecule has 4 rings (SSSR count). The molecule has 8 nitrogen and oxygen atoms in total. The molecule has 0 saturated carbocycles. The van der Waals surface area contributed by atoms with E-state index in [0.29, 0.717) is 41.1 Å². The number of Topliss-reactive ketones (excluding diaryl/α,β-unsaturated/α-hetero) is 1. The average Bonchev–Trinajstić information content (AvgIpc) is 3.14. The first-order valence-electron chi connectivity index (χ1n) is 10.1. The number of benzene rings is 1. The first-order chi connectivity index (χ1) is 15.2. The Morgan fingerprint density at radius 1 is 1.23 bits per heavy atom. The van der Waals surface area contributed by atoms with Crippen LogP contribution in [-0.4, -0.2) is 46.1 Å². The third-order valence-electron chi connectivity index (χ3n) is 5.35. The minimum Gasteiger partial charge on any atom is -0.354 e. The van der Waals surface area contributed by atoms with Crippen LogP contribution >= 0.6 is 0 Å². The largest absolute Gasteiger partial charge is 0.354 e. The Labute approximate surface area is 179 Å². The fourth-order valence-electron chi connectivity index (χ4n) is 3.85. The molecule has 0 aliphatic carbocycles. The van der Waals surface area contributed by atoms with Crippen LogP contribution in [-0.2, 0) is 13.1 Å². The monoisotopic (exact) mass is 414 g/mol. The summed E-state index contributed by atoms with van der Waals surface area (Å²) in [7, 11) is 0. The molecule has 0 atom stereocenters. The highest BCUT2D eigenvalue weighted by Gasteiger charge is 2.26. The number of carbonyl (C=O) groups excluding carboxylic acids is 1. The van der Waals surface area contributed by atoms with Crippen molar-refractivity contribution in [3.05, 3.63) is 58.1 Å². The van der Waals surface area contributed by atoms with Crippen LogP contribution < -0.4 is 15.8 Å². The lowest BCUT2D eigenvalue weighted by atomic mass is 10.1. The van der Waals surface area contributed by atoms with Crippen molar-refractivity contribution < 1.29 is 4.79 Å². The van der Waals surface area contributed by atoms with Crippen LogP contribution in [0, 0.1) is 23.2 Å². The van der Waals surface area contributed by atoms with Crippen LogP contribution in [0.4, 0.5) is 5.82 Å². The molecule has 8 heteroatoms. The highest BCUT2D eigenvalue weighted by Crippen LogP contribution is 2.30. The molecule has 3 aromatic rings. The van der Waals surface area contributed by atoms with Gasteiger partial charge in [0.15, 0.2) is 5.78 Å². The lowest BCUT2D eigenvalue weighted by Gasteiger charge is -2.30. The summed E-state index contributed by atoms with van der Waals surface area (Å²) < 4.78 is 3.07. The zero-order valence-corrected chi connectivity index (χ0v) is 17.3. The van der Waals surface area contributed by atoms with E-state index in [4.69, 9.17) is 0 Å². The quantitative estimate of drug-likeness (QED) is 0.501. The number of rotatable bonds is 5. The van der Waals surface area contributed by atoms with Crippen LogP contribution in [0.2, 0.25) is 0 Å². The van der Waals surface area contributed by atoms with Crippen molar-refractivity contribution in [2.45, 2.75) is 20.0 Å². The Morgan fingerprint density at radius 3 is 2.65 bits per heavy atom. The number of anilines is 1. The van der Waals surface area contributed by atoms with Crippen molar-refractivity contribution in [3.8, 4) is 17.9 Å². The normalized spacial score (nSPS) is 13.5. The summed E-state index contributed by atoms with van der Waals surface area (Å²) in [4.78, 5) is 32.6. The number of hydrogen-bond donors (Lipinski definition) is 1. The molecule has 0 bridgehead atoms. The molecule has 1 aliphatic rings. The van der Waals surface area contributed by atoms with Gasteiger partial charge in [0.25, 0.3) is 5.56 Å². The van der Waals surface area contributed by atoms with Crippen LogP contribution in [0.15, 0.2) is 41.5 Å². The van der Waals surface area contributed by atoms with Gasteiger partial charge in [-0.1, -0.05) is 36.3 Å². The average molecular weight is 414 g/mol. The molecule has 156 valence electrons. The standard InChI is InChI=1S/C23H22N6O2/c1-2-3-11-29-21-20(18(14-24)22(29)27-12-9-25-10-13-27)26-16-28(23(21)31)15-19(30)17-7-5-4-6-8-17/h4-8,16,25H,9-13,15H2,1H3. The molecule has 0 spiro atoms. The Hall–Kier alpha value is -3.88. The Balaban J connectivity index is 1.86. The number of nitrogens with zero attached hydrogens (tertiary/aromatic N) is 5. The van der Waals surface area contributed by atoms with Gasteiger partial charge >= 0.3 is 0 Å². The van der Waals surface area contributed by atoms with Crippen molar-refractivity contribution in [2.24, 2.45) is 0 Å². The minimum atomic E-state index is -0.356. The Morgan fingerprint density at radius 2 is 1.97 bits per heavy atom. The van der Waals surface area contributed by atoms with Gasteiger partial charge in [-0.05, 0) is 6.92 Å². The van der Waals surface area contributed by atoms with Crippen molar-refractivity contribution in [2.75, 3.05) is 31.1 Å². The number of nitrogens with one attached hydrogen (secondary N) is 1. The summed E-state index contributed by atoms with van der Waals surface area (Å²) in [6.45, 7) is 4.87. The number of nitriles is 1. The van der Waals surface area contributed by atoms with E-state index < -0.39 is 0 Å². The molecular weight excluding hydrogens is 392 g/mol. The number of aromatic nitrogens is 3. The molecule has 1 saturated heterocycles. The van der Waals surface area contributed by atoms with Gasteiger partial charge < -0.3 is 14.8 Å². The molecule has 31 heavy (non-hydrogen) atoms. The summed E-state index contributed by atoms with van der Waals surface area (Å²) in [5.41, 5.74) is 1.19. The van der Waals surface area contributed by atoms with Crippen molar-refractivity contribution in [1.29, 1.82) is 5.26 Å². The minimum absolute atomic E-state index is 0.124. The second kappa shape index (κ2) is 8.86. The third kappa shape index (κ3) is 3.81. The van der Waals surface area contributed by atoms with Gasteiger partial charge in [-0.25, -0.2) is 4.98 Å². The molecule has 1 fully saturated rings. The number of ketones is 1. The molecule has 1 N–H and O–H groups in total. The maximum absolute atomic E-state index is 13.4. The van der Waals surface area contributed by atoms with Gasteiger partial charge in [0.05, 0.1) is 19.4 Å². The van der Waals surface area contributed by atoms with E-state index in [1.54, 1.807) is 35.8 Å². The Bertz CT molecular complexity index is 1280. The topological polar surface area (TPSA) is 95.9 Å². The van der Waals surface area contributed by atoms with Gasteiger partial charge in [-0.3, -0.25) is 14.2 Å². The van der Waals surface area contributed by atoms with E-state index >= 15 is 0 Å². The molecule has 0 unspecified atom stereocenters. The summed E-state index contributed by atoms with van der Waals surface area (Å²) in [6.07, 6.45) is 1.35. The zero-order valence-electron chi connectivity index (χ0n) is 17.3. The van der Waals surface area contributed by atoms with Gasteiger partial charge in [0.1, 0.15) is 28.5 Å². The predicted octanol–water partition coefficient (Wildman–Crippen LogP) is 1.39. The third-order valence-corrected chi connectivity index (χ3v) is 5.35. The molecule has 3 heterocycles. The van der Waals surface area contributed by atoms with Crippen LogP contribution in [0.25, 0.3) is 11.0 Å². The van der Waals surface area contributed by atoms with E-state index in [-0.39, 0.29) is 24.4 Å². The molecule has 2 aromatic heterocycles. The van der Waals surface area contributed by atoms with E-state index in [2.05, 4.69) is 33.1 Å². The van der Waals surface area contributed by atoms with Crippen LogP contribution in [0.3, 0.4) is 0 Å². The lowest BCUT2D eigenvalue weighted by Crippen LogP contribution is -2.44.